The van der Waals surface area contributed by atoms with Crippen LogP contribution in [-0.2, 0) is 12.6 Å². The van der Waals surface area contributed by atoms with Gasteiger partial charge in [0.25, 0.3) is 0 Å². The SMILES string of the molecule is I.NC(=NCC(O)COc1cccc(C(F)(F)F)c1)NCCc1ccccn1. The van der Waals surface area contributed by atoms with Gasteiger partial charge in [0.05, 0.1) is 12.1 Å². The van der Waals surface area contributed by atoms with Gasteiger partial charge >= 0.3 is 6.18 Å². The Balaban J connectivity index is 0.00000392. The topological polar surface area (TPSA) is 92.8 Å². The number of aromatic nitrogens is 1. The summed E-state index contributed by atoms with van der Waals surface area (Å²) in [6.07, 6.45) is -3.08. The summed E-state index contributed by atoms with van der Waals surface area (Å²) in [5.41, 5.74) is 5.80. The molecule has 2 aromatic rings. The maximum atomic E-state index is 12.6. The summed E-state index contributed by atoms with van der Waals surface area (Å²) in [4.78, 5) is 8.15. The number of ether oxygens (including phenoxy) is 1. The molecule has 1 heterocycles. The second kappa shape index (κ2) is 11.7. The van der Waals surface area contributed by atoms with Crippen molar-refractivity contribution < 1.29 is 23.0 Å². The molecule has 0 radical (unpaired) electrons. The van der Waals surface area contributed by atoms with Crippen molar-refractivity contribution in [1.29, 1.82) is 0 Å². The van der Waals surface area contributed by atoms with Crippen LogP contribution < -0.4 is 15.8 Å². The number of aliphatic hydroxyl groups excluding tert-OH is 1. The predicted molar refractivity (Wildman–Crippen MR) is 111 cm³/mol. The van der Waals surface area contributed by atoms with E-state index in [4.69, 9.17) is 10.5 Å². The molecule has 10 heteroatoms. The molecule has 0 amide bonds. The normalized spacial score (nSPS) is 12.8. The maximum Gasteiger partial charge on any atom is 0.416 e. The lowest BCUT2D eigenvalue weighted by atomic mass is 10.2. The van der Waals surface area contributed by atoms with Gasteiger partial charge < -0.3 is 20.9 Å². The molecule has 0 bridgehead atoms. The highest BCUT2D eigenvalue weighted by atomic mass is 127. The van der Waals surface area contributed by atoms with Gasteiger partial charge in [0.15, 0.2) is 5.96 Å². The summed E-state index contributed by atoms with van der Waals surface area (Å²) in [6.45, 7) is 0.288. The first kappa shape index (κ1) is 24.0. The fourth-order valence-corrected chi connectivity index (χ4v) is 2.13. The van der Waals surface area contributed by atoms with Gasteiger partial charge in [-0.2, -0.15) is 13.2 Å². The number of aliphatic hydroxyl groups is 1. The number of nitrogens with two attached hydrogens (primary N) is 1. The zero-order valence-corrected chi connectivity index (χ0v) is 17.2. The third-order valence-corrected chi connectivity index (χ3v) is 3.49. The quantitative estimate of drug-likeness (QED) is 0.289. The third-order valence-electron chi connectivity index (χ3n) is 3.49. The Hall–Kier alpha value is -2.08. The summed E-state index contributed by atoms with van der Waals surface area (Å²) in [6, 6.07) is 10.1. The second-order valence-corrected chi connectivity index (χ2v) is 5.71. The second-order valence-electron chi connectivity index (χ2n) is 5.71. The summed E-state index contributed by atoms with van der Waals surface area (Å²) in [5, 5.41) is 12.7. The maximum absolute atomic E-state index is 12.6. The highest BCUT2D eigenvalue weighted by Gasteiger charge is 2.30. The van der Waals surface area contributed by atoms with Crippen molar-refractivity contribution in [3.05, 3.63) is 59.9 Å². The molecule has 4 N–H and O–H groups in total. The smallest absolute Gasteiger partial charge is 0.416 e. The molecule has 1 atom stereocenters. The standard InChI is InChI=1S/C18H21F3N4O2.HI/c19-18(20,21)13-4-3-6-16(10-13)27-12-15(26)11-25-17(22)24-9-7-14-5-1-2-8-23-14;/h1-6,8,10,15,26H,7,9,11-12H2,(H3,22,24,25);1H. The summed E-state index contributed by atoms with van der Waals surface area (Å²) in [5.74, 6) is 0.179. The number of hydrogen-bond donors (Lipinski definition) is 3. The van der Waals surface area contributed by atoms with Crippen molar-refractivity contribution in [2.75, 3.05) is 19.7 Å². The molecule has 0 aliphatic heterocycles. The molecule has 1 unspecified atom stereocenters. The number of nitrogens with zero attached hydrogens (tertiary/aromatic N) is 2. The lowest BCUT2D eigenvalue weighted by Gasteiger charge is -2.13. The van der Waals surface area contributed by atoms with E-state index in [9.17, 15) is 18.3 Å². The first-order chi connectivity index (χ1) is 12.8. The van der Waals surface area contributed by atoms with E-state index in [2.05, 4.69) is 15.3 Å². The van der Waals surface area contributed by atoms with Crippen molar-refractivity contribution >= 4 is 29.9 Å². The van der Waals surface area contributed by atoms with Gasteiger partial charge in [-0.1, -0.05) is 12.1 Å². The fourth-order valence-electron chi connectivity index (χ4n) is 2.13. The van der Waals surface area contributed by atoms with E-state index in [0.717, 1.165) is 17.8 Å². The Kier molecular flexibility index (Phi) is 10.0. The van der Waals surface area contributed by atoms with E-state index in [1.807, 2.05) is 18.2 Å². The van der Waals surface area contributed by atoms with Crippen LogP contribution in [0.4, 0.5) is 13.2 Å². The molecular formula is C18H22F3IN4O2. The van der Waals surface area contributed by atoms with Crippen LogP contribution in [0.25, 0.3) is 0 Å². The van der Waals surface area contributed by atoms with Crippen molar-refractivity contribution in [1.82, 2.24) is 10.3 Å². The molecule has 0 spiro atoms. The molecule has 0 fully saturated rings. The number of benzene rings is 1. The highest BCUT2D eigenvalue weighted by molar-refractivity contribution is 14.0. The summed E-state index contributed by atoms with van der Waals surface area (Å²) < 4.78 is 43.1. The van der Waals surface area contributed by atoms with Crippen LogP contribution in [0, 0.1) is 0 Å². The minimum atomic E-state index is -4.45. The van der Waals surface area contributed by atoms with Crippen molar-refractivity contribution in [3.63, 3.8) is 0 Å². The Morgan fingerprint density at radius 3 is 2.71 bits per heavy atom. The molecule has 0 saturated carbocycles. The van der Waals surface area contributed by atoms with Crippen LogP contribution in [-0.4, -0.2) is 41.9 Å². The average molecular weight is 510 g/mol. The lowest BCUT2D eigenvalue weighted by Crippen LogP contribution is -2.34. The van der Waals surface area contributed by atoms with Crippen molar-refractivity contribution in [3.8, 4) is 5.75 Å². The van der Waals surface area contributed by atoms with E-state index in [0.29, 0.717) is 13.0 Å². The molecule has 6 nitrogen and oxygen atoms in total. The van der Waals surface area contributed by atoms with Gasteiger partial charge in [-0.3, -0.25) is 9.98 Å². The summed E-state index contributed by atoms with van der Waals surface area (Å²) >= 11 is 0. The Morgan fingerprint density at radius 2 is 2.04 bits per heavy atom. The Morgan fingerprint density at radius 1 is 1.25 bits per heavy atom. The largest absolute Gasteiger partial charge is 0.491 e. The Labute approximate surface area is 178 Å². The van der Waals surface area contributed by atoms with E-state index in [1.165, 1.54) is 12.1 Å². The number of guanidine groups is 1. The van der Waals surface area contributed by atoms with E-state index >= 15 is 0 Å². The number of nitrogens with one attached hydrogen (secondary N) is 1. The first-order valence-corrected chi connectivity index (χ1v) is 8.26. The molecule has 2 rings (SSSR count). The molecular weight excluding hydrogens is 488 g/mol. The van der Waals surface area contributed by atoms with E-state index in [1.54, 1.807) is 6.20 Å². The monoisotopic (exact) mass is 510 g/mol. The molecule has 154 valence electrons. The minimum Gasteiger partial charge on any atom is -0.491 e. The van der Waals surface area contributed by atoms with Crippen LogP contribution in [0.1, 0.15) is 11.3 Å². The number of alkyl halides is 3. The third kappa shape index (κ3) is 8.74. The zero-order chi connectivity index (χ0) is 19.7. The molecule has 0 aliphatic rings. The van der Waals surface area contributed by atoms with E-state index < -0.39 is 17.8 Å². The Bertz CT molecular complexity index is 745. The van der Waals surface area contributed by atoms with Crippen LogP contribution in [0.5, 0.6) is 5.75 Å². The average Bonchev–Trinajstić information content (AvgIpc) is 2.65. The number of rotatable bonds is 8. The van der Waals surface area contributed by atoms with Crippen molar-refractivity contribution in [2.45, 2.75) is 18.7 Å². The first-order valence-electron chi connectivity index (χ1n) is 8.26. The highest BCUT2D eigenvalue weighted by Crippen LogP contribution is 2.31. The molecule has 0 aliphatic carbocycles. The van der Waals surface area contributed by atoms with Crippen LogP contribution in [0.3, 0.4) is 0 Å². The lowest BCUT2D eigenvalue weighted by molar-refractivity contribution is -0.137. The van der Waals surface area contributed by atoms with Gasteiger partial charge in [0, 0.05) is 24.9 Å². The summed E-state index contributed by atoms with van der Waals surface area (Å²) in [7, 11) is 0. The number of pyridine rings is 1. The van der Waals surface area contributed by atoms with Crippen LogP contribution in [0.2, 0.25) is 0 Å². The van der Waals surface area contributed by atoms with Gasteiger partial charge in [-0.25, -0.2) is 0 Å². The fraction of sp³-hybridized carbons (Fsp3) is 0.333. The van der Waals surface area contributed by atoms with Gasteiger partial charge in [0.2, 0.25) is 0 Å². The molecule has 1 aromatic heterocycles. The molecule has 1 aromatic carbocycles. The number of hydrogen-bond acceptors (Lipinski definition) is 4. The van der Waals surface area contributed by atoms with Crippen molar-refractivity contribution in [2.24, 2.45) is 10.7 Å². The number of aliphatic imine (C=N–C) groups is 1. The van der Waals surface area contributed by atoms with Gasteiger partial charge in [0.1, 0.15) is 18.5 Å². The molecule has 28 heavy (non-hydrogen) atoms. The zero-order valence-electron chi connectivity index (χ0n) is 14.9. The van der Waals surface area contributed by atoms with Gasteiger partial charge in [-0.15, -0.1) is 24.0 Å². The molecule has 0 saturated heterocycles. The van der Waals surface area contributed by atoms with Crippen LogP contribution in [0.15, 0.2) is 53.7 Å². The van der Waals surface area contributed by atoms with Crippen LogP contribution >= 0.6 is 24.0 Å². The van der Waals surface area contributed by atoms with Gasteiger partial charge in [-0.05, 0) is 30.3 Å². The minimum absolute atomic E-state index is 0. The predicted octanol–water partition coefficient (Wildman–Crippen LogP) is 2.61. The number of halogens is 4. The van der Waals surface area contributed by atoms with E-state index in [-0.39, 0.29) is 48.8 Å².